The molecule has 0 spiro atoms. The number of hydrogen-bond acceptors (Lipinski definition) is 2. The molecule has 1 heterocycles. The fraction of sp³-hybridized carbons (Fsp3) is 0.600. The predicted octanol–water partition coefficient (Wildman–Crippen LogP) is 2.51. The first kappa shape index (κ1) is 13.8. The lowest BCUT2D eigenvalue weighted by Crippen LogP contribution is -2.35. The molecule has 1 aliphatic carbocycles. The van der Waals surface area contributed by atoms with Gasteiger partial charge in [-0.2, -0.15) is 5.10 Å². The van der Waals surface area contributed by atoms with Crippen LogP contribution in [0.15, 0.2) is 24.0 Å². The van der Waals surface area contributed by atoms with E-state index in [1.165, 1.54) is 18.4 Å². The fourth-order valence-electron chi connectivity index (χ4n) is 2.20. The number of allylic oxidation sites excluding steroid dienone is 1. The summed E-state index contributed by atoms with van der Waals surface area (Å²) in [6, 6.07) is 0.191. The highest BCUT2D eigenvalue weighted by Gasteiger charge is 2.25. The first-order valence-corrected chi connectivity index (χ1v) is 6.93. The highest BCUT2D eigenvalue weighted by atomic mass is 16.2. The zero-order chi connectivity index (χ0) is 14.0. The minimum atomic E-state index is 0.114. The van der Waals surface area contributed by atoms with Crippen molar-refractivity contribution >= 4 is 5.91 Å². The summed E-state index contributed by atoms with van der Waals surface area (Å²) in [5, 5.41) is 4.15. The second kappa shape index (κ2) is 5.59. The Morgan fingerprint density at radius 1 is 1.58 bits per heavy atom. The van der Waals surface area contributed by atoms with Crippen molar-refractivity contribution in [1.29, 1.82) is 0 Å². The molecule has 0 radical (unpaired) electrons. The molecule has 0 saturated heterocycles. The molecule has 4 heteroatoms. The Morgan fingerprint density at radius 3 is 2.74 bits per heavy atom. The summed E-state index contributed by atoms with van der Waals surface area (Å²) in [5.74, 6) is 0.764. The Morgan fingerprint density at radius 2 is 2.26 bits per heavy atom. The Labute approximate surface area is 115 Å². The van der Waals surface area contributed by atoms with Crippen molar-refractivity contribution in [3.8, 4) is 0 Å². The average molecular weight is 261 g/mol. The molecule has 0 bridgehead atoms. The van der Waals surface area contributed by atoms with E-state index in [0.717, 1.165) is 5.56 Å². The maximum absolute atomic E-state index is 12.4. The summed E-state index contributed by atoms with van der Waals surface area (Å²) < 4.78 is 1.77. The maximum Gasteiger partial charge on any atom is 0.247 e. The molecule has 1 fully saturated rings. The topological polar surface area (TPSA) is 38.1 Å². The van der Waals surface area contributed by atoms with Gasteiger partial charge >= 0.3 is 0 Å². The minimum absolute atomic E-state index is 0.114. The lowest BCUT2D eigenvalue weighted by molar-refractivity contribution is -0.128. The molecule has 0 N–H and O–H groups in total. The van der Waals surface area contributed by atoms with Crippen LogP contribution >= 0.6 is 0 Å². The number of rotatable bonds is 5. The van der Waals surface area contributed by atoms with Crippen molar-refractivity contribution in [2.75, 3.05) is 0 Å². The Hall–Kier alpha value is -1.58. The van der Waals surface area contributed by atoms with Crippen LogP contribution in [0.2, 0.25) is 0 Å². The highest BCUT2D eigenvalue weighted by Crippen LogP contribution is 2.36. The van der Waals surface area contributed by atoms with Crippen LogP contribution in [-0.2, 0) is 18.4 Å². The van der Waals surface area contributed by atoms with Crippen molar-refractivity contribution < 1.29 is 4.79 Å². The van der Waals surface area contributed by atoms with Gasteiger partial charge in [-0.15, -0.1) is 0 Å². The standard InChI is InChI=1S/C15H23N3O/c1-11(2)18(10-13-8-16-17(4)9-13)15(19)7-12(3)14-5-6-14/h7-9,11,14H,5-6,10H2,1-4H3. The van der Waals surface area contributed by atoms with Gasteiger partial charge in [-0.25, -0.2) is 0 Å². The molecule has 104 valence electrons. The van der Waals surface area contributed by atoms with Crippen LogP contribution in [0.5, 0.6) is 0 Å². The van der Waals surface area contributed by atoms with Crippen molar-refractivity contribution in [3.05, 3.63) is 29.6 Å². The normalized spacial score (nSPS) is 15.9. The van der Waals surface area contributed by atoms with Gasteiger partial charge in [0, 0.05) is 37.5 Å². The summed E-state index contributed by atoms with van der Waals surface area (Å²) in [7, 11) is 1.89. The van der Waals surface area contributed by atoms with Crippen LogP contribution in [0.3, 0.4) is 0 Å². The molecule has 0 aliphatic heterocycles. The van der Waals surface area contributed by atoms with Crippen molar-refractivity contribution in [1.82, 2.24) is 14.7 Å². The van der Waals surface area contributed by atoms with Gasteiger partial charge in [-0.05, 0) is 39.5 Å². The molecule has 19 heavy (non-hydrogen) atoms. The molecule has 1 saturated carbocycles. The lowest BCUT2D eigenvalue weighted by atomic mass is 10.1. The smallest absolute Gasteiger partial charge is 0.247 e. The van der Waals surface area contributed by atoms with E-state index in [9.17, 15) is 4.79 Å². The largest absolute Gasteiger partial charge is 0.332 e. The first-order chi connectivity index (χ1) is 8.97. The van der Waals surface area contributed by atoms with Gasteiger partial charge in [0.1, 0.15) is 0 Å². The number of amides is 1. The third kappa shape index (κ3) is 3.69. The highest BCUT2D eigenvalue weighted by molar-refractivity contribution is 5.88. The third-order valence-electron chi connectivity index (χ3n) is 3.59. The van der Waals surface area contributed by atoms with E-state index in [4.69, 9.17) is 0 Å². The average Bonchev–Trinajstić information content (AvgIpc) is 3.10. The lowest BCUT2D eigenvalue weighted by Gasteiger charge is -2.25. The Kier molecular flexibility index (Phi) is 4.08. The van der Waals surface area contributed by atoms with E-state index in [1.54, 1.807) is 4.68 Å². The molecule has 0 atom stereocenters. The molecule has 1 aromatic heterocycles. The van der Waals surface area contributed by atoms with Crippen LogP contribution in [0.25, 0.3) is 0 Å². The van der Waals surface area contributed by atoms with E-state index in [1.807, 2.05) is 30.4 Å². The Balaban J connectivity index is 2.06. The monoisotopic (exact) mass is 261 g/mol. The molecular formula is C15H23N3O. The third-order valence-corrected chi connectivity index (χ3v) is 3.59. The number of nitrogens with zero attached hydrogens (tertiary/aromatic N) is 3. The number of carbonyl (C=O) groups excluding carboxylic acids is 1. The van der Waals surface area contributed by atoms with Gasteiger partial charge in [0.2, 0.25) is 5.91 Å². The molecule has 1 aromatic rings. The maximum atomic E-state index is 12.4. The molecule has 1 aliphatic rings. The van der Waals surface area contributed by atoms with E-state index < -0.39 is 0 Å². The van der Waals surface area contributed by atoms with Crippen molar-refractivity contribution in [2.45, 2.75) is 46.2 Å². The molecule has 2 rings (SSSR count). The van der Waals surface area contributed by atoms with Crippen LogP contribution in [0, 0.1) is 5.92 Å². The number of carbonyl (C=O) groups is 1. The summed E-state index contributed by atoms with van der Waals surface area (Å²) in [6.07, 6.45) is 8.06. The quantitative estimate of drug-likeness (QED) is 0.764. The van der Waals surface area contributed by atoms with Crippen LogP contribution in [0.1, 0.15) is 39.2 Å². The van der Waals surface area contributed by atoms with E-state index in [0.29, 0.717) is 12.5 Å². The van der Waals surface area contributed by atoms with E-state index in [-0.39, 0.29) is 11.9 Å². The molecule has 0 aromatic carbocycles. The molecular weight excluding hydrogens is 238 g/mol. The minimum Gasteiger partial charge on any atom is -0.332 e. The van der Waals surface area contributed by atoms with Gasteiger partial charge in [-0.1, -0.05) is 5.57 Å². The van der Waals surface area contributed by atoms with E-state index >= 15 is 0 Å². The Bertz CT molecular complexity index is 483. The molecule has 1 amide bonds. The predicted molar refractivity (Wildman–Crippen MR) is 75.4 cm³/mol. The first-order valence-electron chi connectivity index (χ1n) is 6.93. The van der Waals surface area contributed by atoms with Crippen molar-refractivity contribution in [3.63, 3.8) is 0 Å². The second-order valence-corrected chi connectivity index (χ2v) is 5.74. The molecule has 4 nitrogen and oxygen atoms in total. The fourth-order valence-corrected chi connectivity index (χ4v) is 2.20. The zero-order valence-corrected chi connectivity index (χ0v) is 12.3. The van der Waals surface area contributed by atoms with Crippen LogP contribution in [-0.4, -0.2) is 26.6 Å². The number of aryl methyl sites for hydroxylation is 1. The number of hydrogen-bond donors (Lipinski definition) is 0. The van der Waals surface area contributed by atoms with Gasteiger partial charge in [-0.3, -0.25) is 9.48 Å². The summed E-state index contributed by atoms with van der Waals surface area (Å²) >= 11 is 0. The molecule has 0 unspecified atom stereocenters. The van der Waals surface area contributed by atoms with Gasteiger partial charge in [0.15, 0.2) is 0 Å². The van der Waals surface area contributed by atoms with Crippen LogP contribution in [0.4, 0.5) is 0 Å². The summed E-state index contributed by atoms with van der Waals surface area (Å²) in [5.41, 5.74) is 2.30. The summed E-state index contributed by atoms with van der Waals surface area (Å²) in [4.78, 5) is 14.3. The number of aromatic nitrogens is 2. The summed E-state index contributed by atoms with van der Waals surface area (Å²) in [6.45, 7) is 6.79. The van der Waals surface area contributed by atoms with Gasteiger partial charge in [0.25, 0.3) is 0 Å². The van der Waals surface area contributed by atoms with Gasteiger partial charge in [0.05, 0.1) is 6.20 Å². The van der Waals surface area contributed by atoms with Crippen LogP contribution < -0.4 is 0 Å². The van der Waals surface area contributed by atoms with Gasteiger partial charge < -0.3 is 4.90 Å². The SMILES string of the molecule is CC(=CC(=O)N(Cc1cnn(C)c1)C(C)C)C1CC1. The zero-order valence-electron chi connectivity index (χ0n) is 12.3. The second-order valence-electron chi connectivity index (χ2n) is 5.74. The van der Waals surface area contributed by atoms with E-state index in [2.05, 4.69) is 25.9 Å². The van der Waals surface area contributed by atoms with Crippen molar-refractivity contribution in [2.24, 2.45) is 13.0 Å².